The minimum absolute atomic E-state index is 0.196. The van der Waals surface area contributed by atoms with Gasteiger partial charge in [-0.2, -0.15) is 5.10 Å². The van der Waals surface area contributed by atoms with E-state index < -0.39 is 34.2 Å². The molecular formula is C13H6ClF3N4O4. The molecule has 0 saturated heterocycles. The molecule has 0 bridgehead atoms. The first-order valence-corrected chi connectivity index (χ1v) is 6.80. The average Bonchev–Trinajstić information content (AvgIpc) is 2.99. The molecule has 2 N–H and O–H groups in total. The van der Waals surface area contributed by atoms with Gasteiger partial charge in [0.15, 0.2) is 5.75 Å². The fourth-order valence-electron chi connectivity index (χ4n) is 2.01. The molecule has 0 unspecified atom stereocenters. The first-order chi connectivity index (χ1) is 11.7. The number of hydrogen-bond acceptors (Lipinski definition) is 5. The Labute approximate surface area is 140 Å². The molecule has 0 spiro atoms. The van der Waals surface area contributed by atoms with Crippen LogP contribution >= 0.6 is 11.6 Å². The Bertz CT molecular complexity index is 1040. The Morgan fingerprint density at radius 2 is 2.08 bits per heavy atom. The highest BCUT2D eigenvalue weighted by atomic mass is 35.5. The maximum atomic E-state index is 12.6. The standard InChI is InChI=1S/C13H6ClF3N4O4/c14-7-2-1-6-8(9(7)25-13(15,16)17)19-12(20-10(6)22)21-4-5(3-18-21)11(23)24/h1-4H,(H,23,24)(H,19,20,22). The zero-order valence-electron chi connectivity index (χ0n) is 11.8. The SMILES string of the molecule is O=C(O)c1cnn(-c2nc3c(OC(F)(F)F)c(Cl)ccc3c(=O)[nH]2)c1. The molecular weight excluding hydrogens is 369 g/mol. The van der Waals surface area contributed by atoms with Crippen molar-refractivity contribution in [1.82, 2.24) is 19.7 Å². The van der Waals surface area contributed by atoms with Crippen LogP contribution in [-0.4, -0.2) is 37.2 Å². The van der Waals surface area contributed by atoms with Crippen LogP contribution in [0.5, 0.6) is 5.75 Å². The third-order valence-corrected chi connectivity index (χ3v) is 3.33. The minimum atomic E-state index is -5.05. The number of H-pyrrole nitrogens is 1. The number of rotatable bonds is 3. The molecule has 25 heavy (non-hydrogen) atoms. The molecule has 130 valence electrons. The van der Waals surface area contributed by atoms with Crippen molar-refractivity contribution in [3.63, 3.8) is 0 Å². The number of benzene rings is 1. The van der Waals surface area contributed by atoms with Crippen molar-refractivity contribution in [2.24, 2.45) is 0 Å². The van der Waals surface area contributed by atoms with Crippen molar-refractivity contribution in [2.75, 3.05) is 0 Å². The number of alkyl halides is 3. The molecule has 3 aromatic rings. The molecule has 3 rings (SSSR count). The highest BCUT2D eigenvalue weighted by Crippen LogP contribution is 2.35. The van der Waals surface area contributed by atoms with Crippen LogP contribution in [0.15, 0.2) is 29.3 Å². The van der Waals surface area contributed by atoms with Gasteiger partial charge in [0.25, 0.3) is 5.56 Å². The van der Waals surface area contributed by atoms with E-state index in [1.807, 2.05) is 0 Å². The first-order valence-electron chi connectivity index (χ1n) is 6.42. The van der Waals surface area contributed by atoms with Crippen LogP contribution < -0.4 is 10.3 Å². The van der Waals surface area contributed by atoms with Gasteiger partial charge in [-0.15, -0.1) is 13.2 Å². The zero-order valence-corrected chi connectivity index (χ0v) is 12.6. The van der Waals surface area contributed by atoms with Crippen LogP contribution in [0, 0.1) is 0 Å². The summed E-state index contributed by atoms with van der Waals surface area (Å²) in [5.41, 5.74) is -1.44. The van der Waals surface area contributed by atoms with E-state index in [1.165, 1.54) is 6.07 Å². The van der Waals surface area contributed by atoms with Gasteiger partial charge in [0.2, 0.25) is 5.95 Å². The summed E-state index contributed by atoms with van der Waals surface area (Å²) in [6.07, 6.45) is -3.04. The van der Waals surface area contributed by atoms with E-state index in [2.05, 4.69) is 19.8 Å². The second kappa shape index (κ2) is 5.77. The number of fused-ring (bicyclic) bond motifs is 1. The van der Waals surface area contributed by atoms with Gasteiger partial charge in [-0.05, 0) is 12.1 Å². The highest BCUT2D eigenvalue weighted by molar-refractivity contribution is 6.33. The number of carboxylic acid groups (broad SMARTS) is 1. The molecule has 0 fully saturated rings. The molecule has 0 aliphatic carbocycles. The highest BCUT2D eigenvalue weighted by Gasteiger charge is 2.33. The van der Waals surface area contributed by atoms with Crippen LogP contribution in [0.3, 0.4) is 0 Å². The molecule has 2 aromatic heterocycles. The number of halogens is 4. The van der Waals surface area contributed by atoms with Crippen LogP contribution in [0.1, 0.15) is 10.4 Å². The van der Waals surface area contributed by atoms with Crippen molar-refractivity contribution in [1.29, 1.82) is 0 Å². The van der Waals surface area contributed by atoms with E-state index >= 15 is 0 Å². The zero-order chi connectivity index (χ0) is 18.4. The second-order valence-corrected chi connectivity index (χ2v) is 5.10. The first kappa shape index (κ1) is 16.8. The summed E-state index contributed by atoms with van der Waals surface area (Å²) < 4.78 is 42.5. The predicted octanol–water partition coefficient (Wildman–Crippen LogP) is 2.36. The van der Waals surface area contributed by atoms with Gasteiger partial charge in [-0.1, -0.05) is 11.6 Å². The maximum absolute atomic E-state index is 12.6. The Balaban J connectivity index is 2.24. The lowest BCUT2D eigenvalue weighted by atomic mass is 10.2. The van der Waals surface area contributed by atoms with E-state index in [0.717, 1.165) is 23.1 Å². The molecule has 0 radical (unpaired) electrons. The predicted molar refractivity (Wildman–Crippen MR) is 78.1 cm³/mol. The van der Waals surface area contributed by atoms with Crippen molar-refractivity contribution < 1.29 is 27.8 Å². The Morgan fingerprint density at radius 3 is 2.68 bits per heavy atom. The summed E-state index contributed by atoms with van der Waals surface area (Å²) in [7, 11) is 0. The molecule has 0 saturated carbocycles. The van der Waals surface area contributed by atoms with Gasteiger partial charge in [0.1, 0.15) is 5.52 Å². The van der Waals surface area contributed by atoms with Gasteiger partial charge < -0.3 is 9.84 Å². The molecule has 12 heteroatoms. The van der Waals surface area contributed by atoms with Crippen LogP contribution in [-0.2, 0) is 0 Å². The summed E-state index contributed by atoms with van der Waals surface area (Å²) in [5.74, 6) is -2.43. The minimum Gasteiger partial charge on any atom is -0.478 e. The van der Waals surface area contributed by atoms with Crippen LogP contribution in [0.2, 0.25) is 5.02 Å². The summed E-state index contributed by atoms with van der Waals surface area (Å²) in [5, 5.41) is 12.0. The smallest absolute Gasteiger partial charge is 0.478 e. The topological polar surface area (TPSA) is 110 Å². The summed E-state index contributed by atoms with van der Waals surface area (Å²) in [6.45, 7) is 0. The van der Waals surface area contributed by atoms with Gasteiger partial charge in [-0.3, -0.25) is 9.78 Å². The Hall–Kier alpha value is -3.08. The number of nitrogens with zero attached hydrogens (tertiary/aromatic N) is 3. The van der Waals surface area contributed by atoms with Crippen molar-refractivity contribution in [3.05, 3.63) is 45.5 Å². The number of carbonyl (C=O) groups is 1. The van der Waals surface area contributed by atoms with E-state index in [-0.39, 0.29) is 16.9 Å². The fraction of sp³-hybridized carbons (Fsp3) is 0.0769. The molecule has 0 aliphatic rings. The fourth-order valence-corrected chi connectivity index (χ4v) is 2.20. The number of aromatic amines is 1. The van der Waals surface area contributed by atoms with Crippen molar-refractivity contribution in [3.8, 4) is 11.7 Å². The number of aromatic nitrogens is 4. The molecule has 1 aromatic carbocycles. The lowest BCUT2D eigenvalue weighted by Gasteiger charge is -2.12. The quantitative estimate of drug-likeness (QED) is 0.728. The molecule has 0 atom stereocenters. The van der Waals surface area contributed by atoms with Crippen LogP contribution in [0.25, 0.3) is 16.9 Å². The van der Waals surface area contributed by atoms with E-state index in [4.69, 9.17) is 16.7 Å². The summed E-state index contributed by atoms with van der Waals surface area (Å²) in [6, 6.07) is 2.25. The lowest BCUT2D eigenvalue weighted by Crippen LogP contribution is -2.19. The normalized spacial score (nSPS) is 11.7. The number of ether oxygens (including phenoxy) is 1. The largest absolute Gasteiger partial charge is 0.573 e. The number of carboxylic acids is 1. The monoisotopic (exact) mass is 374 g/mol. The van der Waals surface area contributed by atoms with Gasteiger partial charge in [0, 0.05) is 6.20 Å². The number of hydrogen-bond donors (Lipinski definition) is 2. The number of nitrogens with one attached hydrogen (secondary N) is 1. The van der Waals surface area contributed by atoms with E-state index in [0.29, 0.717) is 0 Å². The maximum Gasteiger partial charge on any atom is 0.573 e. The third kappa shape index (κ3) is 3.26. The molecule has 8 nitrogen and oxygen atoms in total. The third-order valence-electron chi connectivity index (χ3n) is 3.04. The average molecular weight is 375 g/mol. The van der Waals surface area contributed by atoms with Gasteiger partial charge in [0.05, 0.1) is 22.2 Å². The second-order valence-electron chi connectivity index (χ2n) is 4.69. The number of aromatic carboxylic acids is 1. The Morgan fingerprint density at radius 1 is 1.36 bits per heavy atom. The summed E-state index contributed by atoms with van der Waals surface area (Å²) in [4.78, 5) is 29.1. The van der Waals surface area contributed by atoms with Crippen molar-refractivity contribution in [2.45, 2.75) is 6.36 Å². The lowest BCUT2D eigenvalue weighted by molar-refractivity contribution is -0.274. The van der Waals surface area contributed by atoms with E-state index in [9.17, 15) is 22.8 Å². The summed E-state index contributed by atoms with van der Waals surface area (Å²) >= 11 is 5.73. The van der Waals surface area contributed by atoms with Crippen LogP contribution in [0.4, 0.5) is 13.2 Å². The molecule has 2 heterocycles. The van der Waals surface area contributed by atoms with Gasteiger partial charge >= 0.3 is 12.3 Å². The van der Waals surface area contributed by atoms with Crippen molar-refractivity contribution >= 4 is 28.5 Å². The molecule has 0 aliphatic heterocycles. The van der Waals surface area contributed by atoms with E-state index in [1.54, 1.807) is 0 Å². The molecule has 0 amide bonds. The van der Waals surface area contributed by atoms with Gasteiger partial charge in [-0.25, -0.2) is 14.5 Å². The Kier molecular flexibility index (Phi) is 3.87.